The fraction of sp³-hybridized carbons (Fsp3) is 0.312. The molecule has 0 amide bonds. The van der Waals surface area contributed by atoms with Crippen LogP contribution in [0.3, 0.4) is 0 Å². The van der Waals surface area contributed by atoms with E-state index in [4.69, 9.17) is 21.6 Å². The van der Waals surface area contributed by atoms with E-state index in [-0.39, 0.29) is 6.04 Å². The number of ether oxygens (including phenoxy) is 1. The molecule has 0 saturated carbocycles. The van der Waals surface area contributed by atoms with Crippen molar-refractivity contribution in [2.24, 2.45) is 0 Å². The highest BCUT2D eigenvalue weighted by Crippen LogP contribution is 2.26. The summed E-state index contributed by atoms with van der Waals surface area (Å²) in [6.45, 7) is 1.71. The topological polar surface area (TPSA) is 74.1 Å². The molecule has 0 spiro atoms. The molecular weight excluding hydrogens is 314 g/mol. The number of methoxy groups -OCH3 is 1. The Kier molecular flexibility index (Phi) is 4.49. The number of nitrogens with one attached hydrogen (secondary N) is 1. The van der Waals surface area contributed by atoms with Gasteiger partial charge in [0, 0.05) is 35.9 Å². The normalized spacial score (nSPS) is 16.9. The molecule has 0 aliphatic carbocycles. The number of nitrogens with zero attached hydrogens (tertiary/aromatic N) is 4. The number of rotatable bonds is 4. The van der Waals surface area contributed by atoms with Crippen molar-refractivity contribution in [1.29, 1.82) is 5.26 Å². The van der Waals surface area contributed by atoms with Gasteiger partial charge in [0.15, 0.2) is 0 Å². The Hall–Kier alpha value is -2.52. The second-order valence-corrected chi connectivity index (χ2v) is 5.77. The Morgan fingerprint density at radius 3 is 3.00 bits per heavy atom. The van der Waals surface area contributed by atoms with E-state index in [0.717, 1.165) is 31.0 Å². The summed E-state index contributed by atoms with van der Waals surface area (Å²) < 4.78 is 5.10. The minimum absolute atomic E-state index is 0.263. The van der Waals surface area contributed by atoms with Crippen molar-refractivity contribution in [3.8, 4) is 11.9 Å². The van der Waals surface area contributed by atoms with Gasteiger partial charge in [-0.25, -0.2) is 9.97 Å². The first-order chi connectivity index (χ1) is 11.2. The highest BCUT2D eigenvalue weighted by molar-refractivity contribution is 6.31. The maximum atomic E-state index is 9.06. The molecule has 1 fully saturated rings. The molecule has 1 unspecified atom stereocenters. The highest BCUT2D eigenvalue weighted by atomic mass is 35.5. The first-order valence-corrected chi connectivity index (χ1v) is 7.64. The summed E-state index contributed by atoms with van der Waals surface area (Å²) in [5.41, 5.74) is 1.54. The first-order valence-electron chi connectivity index (χ1n) is 7.26. The average Bonchev–Trinajstić information content (AvgIpc) is 3.03. The van der Waals surface area contributed by atoms with E-state index in [1.54, 1.807) is 19.2 Å². The van der Waals surface area contributed by atoms with Crippen LogP contribution in [0.15, 0.2) is 30.6 Å². The van der Waals surface area contributed by atoms with Crippen molar-refractivity contribution in [1.82, 2.24) is 9.97 Å². The molecule has 1 aliphatic heterocycles. The van der Waals surface area contributed by atoms with Gasteiger partial charge in [0.1, 0.15) is 12.1 Å². The molecule has 3 rings (SSSR count). The van der Waals surface area contributed by atoms with E-state index in [0.29, 0.717) is 16.5 Å². The van der Waals surface area contributed by atoms with Gasteiger partial charge < -0.3 is 15.0 Å². The lowest BCUT2D eigenvalue weighted by Gasteiger charge is -2.20. The molecule has 6 nitrogen and oxygen atoms in total. The predicted molar refractivity (Wildman–Crippen MR) is 89.0 cm³/mol. The molecule has 0 bridgehead atoms. The van der Waals surface area contributed by atoms with Crippen LogP contribution in [0, 0.1) is 11.3 Å². The highest BCUT2D eigenvalue weighted by Gasteiger charge is 2.23. The quantitative estimate of drug-likeness (QED) is 0.929. The molecule has 1 saturated heterocycles. The zero-order valence-electron chi connectivity index (χ0n) is 12.7. The Morgan fingerprint density at radius 1 is 1.35 bits per heavy atom. The summed E-state index contributed by atoms with van der Waals surface area (Å²) in [4.78, 5) is 10.4. The van der Waals surface area contributed by atoms with E-state index in [2.05, 4.69) is 26.3 Å². The SMILES string of the molecule is COc1cc(NC2CCN(c3cc(Cl)cc(C#N)c3)C2)ncn1. The molecule has 118 valence electrons. The molecule has 1 N–H and O–H groups in total. The van der Waals surface area contributed by atoms with E-state index < -0.39 is 0 Å². The van der Waals surface area contributed by atoms with Crippen molar-refractivity contribution in [3.63, 3.8) is 0 Å². The van der Waals surface area contributed by atoms with Crippen LogP contribution in [0.4, 0.5) is 11.5 Å². The summed E-state index contributed by atoms with van der Waals surface area (Å²) in [6, 6.07) is 9.60. The summed E-state index contributed by atoms with van der Waals surface area (Å²) in [5, 5.41) is 13.0. The lowest BCUT2D eigenvalue weighted by Crippen LogP contribution is -2.26. The van der Waals surface area contributed by atoms with E-state index in [1.807, 2.05) is 12.1 Å². The fourth-order valence-electron chi connectivity index (χ4n) is 2.67. The Labute approximate surface area is 139 Å². The van der Waals surface area contributed by atoms with Crippen molar-refractivity contribution < 1.29 is 4.74 Å². The Morgan fingerprint density at radius 2 is 2.22 bits per heavy atom. The molecule has 0 radical (unpaired) electrons. The second kappa shape index (κ2) is 6.71. The second-order valence-electron chi connectivity index (χ2n) is 5.33. The van der Waals surface area contributed by atoms with Gasteiger partial charge in [-0.2, -0.15) is 5.26 Å². The van der Waals surface area contributed by atoms with E-state index >= 15 is 0 Å². The fourth-order valence-corrected chi connectivity index (χ4v) is 2.90. The van der Waals surface area contributed by atoms with Crippen LogP contribution in [0.2, 0.25) is 5.02 Å². The summed E-state index contributed by atoms with van der Waals surface area (Å²) >= 11 is 6.08. The van der Waals surface area contributed by atoms with Crippen molar-refractivity contribution in [3.05, 3.63) is 41.2 Å². The number of benzene rings is 1. The molecule has 2 heterocycles. The van der Waals surface area contributed by atoms with Gasteiger partial charge >= 0.3 is 0 Å². The Bertz CT molecular complexity index is 745. The number of aromatic nitrogens is 2. The molecule has 7 heteroatoms. The number of anilines is 2. The third-order valence-corrected chi connectivity index (χ3v) is 3.99. The lowest BCUT2D eigenvalue weighted by molar-refractivity contribution is 0.397. The zero-order chi connectivity index (χ0) is 16.2. The molecule has 23 heavy (non-hydrogen) atoms. The zero-order valence-corrected chi connectivity index (χ0v) is 13.4. The molecule has 1 atom stereocenters. The van der Waals surface area contributed by atoms with Gasteiger partial charge in [-0.1, -0.05) is 11.6 Å². The van der Waals surface area contributed by atoms with Crippen LogP contribution >= 0.6 is 11.6 Å². The maximum Gasteiger partial charge on any atom is 0.218 e. The van der Waals surface area contributed by atoms with E-state index in [1.165, 1.54) is 6.33 Å². The summed E-state index contributed by atoms with van der Waals surface area (Å²) in [6.07, 6.45) is 2.45. The third kappa shape index (κ3) is 3.63. The predicted octanol–water partition coefficient (Wildman–Crippen LogP) is 2.70. The van der Waals surface area contributed by atoms with Crippen molar-refractivity contribution in [2.45, 2.75) is 12.5 Å². The summed E-state index contributed by atoms with van der Waals surface area (Å²) in [5.74, 6) is 1.28. The van der Waals surface area contributed by atoms with Gasteiger partial charge in [-0.05, 0) is 24.6 Å². The lowest BCUT2D eigenvalue weighted by atomic mass is 10.2. The molecule has 1 aromatic carbocycles. The number of hydrogen-bond acceptors (Lipinski definition) is 6. The number of halogens is 1. The largest absolute Gasteiger partial charge is 0.481 e. The Balaban J connectivity index is 1.69. The van der Waals surface area contributed by atoms with Crippen LogP contribution in [0.25, 0.3) is 0 Å². The van der Waals surface area contributed by atoms with Crippen molar-refractivity contribution in [2.75, 3.05) is 30.4 Å². The number of nitriles is 1. The number of hydrogen-bond donors (Lipinski definition) is 1. The molecule has 2 aromatic rings. The van der Waals surface area contributed by atoms with Gasteiger partial charge in [-0.3, -0.25) is 0 Å². The van der Waals surface area contributed by atoms with Gasteiger partial charge in [-0.15, -0.1) is 0 Å². The van der Waals surface area contributed by atoms with Crippen LogP contribution in [-0.4, -0.2) is 36.2 Å². The third-order valence-electron chi connectivity index (χ3n) is 3.77. The first kappa shape index (κ1) is 15.4. The van der Waals surface area contributed by atoms with Crippen LogP contribution in [0.1, 0.15) is 12.0 Å². The molecular formula is C16H16ClN5O. The van der Waals surface area contributed by atoms with Gasteiger partial charge in [0.25, 0.3) is 0 Å². The smallest absolute Gasteiger partial charge is 0.218 e. The average molecular weight is 330 g/mol. The summed E-state index contributed by atoms with van der Waals surface area (Å²) in [7, 11) is 1.58. The minimum atomic E-state index is 0.263. The standard InChI is InChI=1S/C16H16ClN5O/c1-23-16-7-15(19-10-20-16)21-13-2-3-22(9-13)14-5-11(8-18)4-12(17)6-14/h4-7,10,13H,2-3,9H2,1H3,(H,19,20,21). The minimum Gasteiger partial charge on any atom is -0.481 e. The van der Waals surface area contributed by atoms with Crippen LogP contribution in [0.5, 0.6) is 5.88 Å². The maximum absolute atomic E-state index is 9.06. The van der Waals surface area contributed by atoms with Gasteiger partial charge in [0.2, 0.25) is 5.88 Å². The van der Waals surface area contributed by atoms with Crippen molar-refractivity contribution >= 4 is 23.1 Å². The van der Waals surface area contributed by atoms with Crippen LogP contribution < -0.4 is 15.0 Å². The van der Waals surface area contributed by atoms with Crippen LogP contribution in [-0.2, 0) is 0 Å². The van der Waals surface area contributed by atoms with E-state index in [9.17, 15) is 0 Å². The monoisotopic (exact) mass is 329 g/mol. The molecule has 1 aromatic heterocycles. The molecule has 1 aliphatic rings. The van der Waals surface area contributed by atoms with Gasteiger partial charge in [0.05, 0.1) is 18.7 Å².